The van der Waals surface area contributed by atoms with E-state index in [2.05, 4.69) is 24.7 Å². The van der Waals surface area contributed by atoms with Crippen LogP contribution in [0.1, 0.15) is 37.9 Å². The molecule has 2 fully saturated rings. The molecule has 0 radical (unpaired) electrons. The topological polar surface area (TPSA) is 55.5 Å². The molecule has 0 bridgehead atoms. The Morgan fingerprint density at radius 3 is 2.48 bits per heavy atom. The highest BCUT2D eigenvalue weighted by atomic mass is 16.2. The average molecular weight is 319 g/mol. The van der Waals surface area contributed by atoms with Crippen LogP contribution in [0.3, 0.4) is 0 Å². The van der Waals surface area contributed by atoms with E-state index in [-0.39, 0.29) is 0 Å². The van der Waals surface area contributed by atoms with Crippen molar-refractivity contribution in [3.63, 3.8) is 0 Å². The Hall–Kier alpha value is -1.40. The van der Waals surface area contributed by atoms with Crippen LogP contribution in [0, 0.1) is 0 Å². The third kappa shape index (κ3) is 5.04. The van der Waals surface area contributed by atoms with E-state index in [0.29, 0.717) is 12.5 Å². The second-order valence-corrected chi connectivity index (χ2v) is 6.74. The van der Waals surface area contributed by atoms with Crippen LogP contribution in [0.5, 0.6) is 0 Å². The van der Waals surface area contributed by atoms with Crippen LogP contribution < -0.4 is 0 Å². The fourth-order valence-electron chi connectivity index (χ4n) is 3.56. The highest BCUT2D eigenvalue weighted by Crippen LogP contribution is 2.11. The SMILES string of the molecule is O=C(CN1CCCCCC1)N1CCCN(Cc2ncc[nH]2)CC1. The first-order valence-corrected chi connectivity index (χ1v) is 9.02. The van der Waals surface area contributed by atoms with Gasteiger partial charge in [-0.05, 0) is 32.4 Å². The summed E-state index contributed by atoms with van der Waals surface area (Å²) in [5.74, 6) is 1.32. The normalized spacial score (nSPS) is 21.8. The van der Waals surface area contributed by atoms with E-state index in [1.54, 1.807) is 6.20 Å². The summed E-state index contributed by atoms with van der Waals surface area (Å²) in [6.07, 6.45) is 9.82. The highest BCUT2D eigenvalue weighted by Gasteiger charge is 2.21. The van der Waals surface area contributed by atoms with Crippen molar-refractivity contribution in [2.24, 2.45) is 0 Å². The van der Waals surface area contributed by atoms with Crippen LogP contribution in [0.25, 0.3) is 0 Å². The maximum Gasteiger partial charge on any atom is 0.236 e. The van der Waals surface area contributed by atoms with Gasteiger partial charge in [0.25, 0.3) is 0 Å². The molecule has 0 atom stereocenters. The van der Waals surface area contributed by atoms with E-state index in [9.17, 15) is 4.79 Å². The summed E-state index contributed by atoms with van der Waals surface area (Å²) in [4.78, 5) is 26.9. The van der Waals surface area contributed by atoms with Crippen LogP contribution in [0.4, 0.5) is 0 Å². The van der Waals surface area contributed by atoms with Gasteiger partial charge < -0.3 is 9.88 Å². The van der Waals surface area contributed by atoms with Gasteiger partial charge >= 0.3 is 0 Å². The Morgan fingerprint density at radius 2 is 1.74 bits per heavy atom. The number of likely N-dealkylation sites (tertiary alicyclic amines) is 1. The molecule has 6 heteroatoms. The number of carbonyl (C=O) groups is 1. The van der Waals surface area contributed by atoms with E-state index in [1.807, 2.05) is 6.20 Å². The van der Waals surface area contributed by atoms with E-state index in [4.69, 9.17) is 0 Å². The Bertz CT molecular complexity index is 467. The van der Waals surface area contributed by atoms with Gasteiger partial charge in [-0.25, -0.2) is 4.98 Å². The van der Waals surface area contributed by atoms with E-state index >= 15 is 0 Å². The van der Waals surface area contributed by atoms with Crippen LogP contribution in [-0.2, 0) is 11.3 Å². The van der Waals surface area contributed by atoms with E-state index in [0.717, 1.165) is 58.1 Å². The summed E-state index contributed by atoms with van der Waals surface area (Å²) < 4.78 is 0. The number of rotatable bonds is 4. The van der Waals surface area contributed by atoms with Crippen molar-refractivity contribution in [1.29, 1.82) is 0 Å². The van der Waals surface area contributed by atoms with Gasteiger partial charge in [-0.15, -0.1) is 0 Å². The number of aromatic amines is 1. The zero-order valence-corrected chi connectivity index (χ0v) is 14.0. The summed E-state index contributed by atoms with van der Waals surface area (Å²) in [6.45, 7) is 7.34. The number of carbonyl (C=O) groups excluding carboxylic acids is 1. The molecule has 3 heterocycles. The number of hydrogen-bond donors (Lipinski definition) is 1. The predicted octanol–water partition coefficient (Wildman–Crippen LogP) is 1.32. The average Bonchev–Trinajstić information content (AvgIpc) is 2.79. The lowest BCUT2D eigenvalue weighted by Crippen LogP contribution is -2.42. The minimum atomic E-state index is 0.312. The lowest BCUT2D eigenvalue weighted by Gasteiger charge is -2.25. The second kappa shape index (κ2) is 8.45. The van der Waals surface area contributed by atoms with Gasteiger partial charge in [0.2, 0.25) is 5.91 Å². The molecule has 1 aromatic rings. The van der Waals surface area contributed by atoms with Crippen LogP contribution in [-0.4, -0.2) is 76.4 Å². The highest BCUT2D eigenvalue weighted by molar-refractivity contribution is 5.78. The molecule has 6 nitrogen and oxygen atoms in total. The molecule has 2 saturated heterocycles. The summed E-state index contributed by atoms with van der Waals surface area (Å²) >= 11 is 0. The van der Waals surface area contributed by atoms with Gasteiger partial charge in [-0.3, -0.25) is 14.6 Å². The Labute approximate surface area is 138 Å². The van der Waals surface area contributed by atoms with Crippen LogP contribution in [0.15, 0.2) is 12.4 Å². The zero-order valence-electron chi connectivity index (χ0n) is 14.0. The quantitative estimate of drug-likeness (QED) is 0.909. The number of aromatic nitrogens is 2. The molecule has 0 unspecified atom stereocenters. The Kier molecular flexibility index (Phi) is 6.05. The summed E-state index contributed by atoms with van der Waals surface area (Å²) in [5, 5.41) is 0. The van der Waals surface area contributed by atoms with E-state index in [1.165, 1.54) is 25.7 Å². The number of nitrogens with one attached hydrogen (secondary N) is 1. The first-order valence-electron chi connectivity index (χ1n) is 9.02. The number of nitrogens with zero attached hydrogens (tertiary/aromatic N) is 4. The Morgan fingerprint density at radius 1 is 0.957 bits per heavy atom. The molecule has 3 rings (SSSR count). The smallest absolute Gasteiger partial charge is 0.236 e. The van der Waals surface area contributed by atoms with Crippen molar-refractivity contribution in [2.75, 3.05) is 45.8 Å². The van der Waals surface area contributed by atoms with Crippen molar-refractivity contribution in [1.82, 2.24) is 24.7 Å². The minimum absolute atomic E-state index is 0.312. The molecule has 23 heavy (non-hydrogen) atoms. The number of H-pyrrole nitrogens is 1. The molecule has 1 N–H and O–H groups in total. The molecule has 0 saturated carbocycles. The third-order valence-corrected chi connectivity index (χ3v) is 4.93. The molecule has 0 spiro atoms. The van der Waals surface area contributed by atoms with Crippen LogP contribution in [0.2, 0.25) is 0 Å². The van der Waals surface area contributed by atoms with Gasteiger partial charge in [0.15, 0.2) is 0 Å². The molecule has 2 aliphatic heterocycles. The molecular weight excluding hydrogens is 290 g/mol. The molecule has 1 amide bonds. The van der Waals surface area contributed by atoms with Crippen molar-refractivity contribution >= 4 is 5.91 Å². The molecular formula is C17H29N5O. The molecule has 0 aromatic carbocycles. The minimum Gasteiger partial charge on any atom is -0.348 e. The zero-order chi connectivity index (χ0) is 15.9. The van der Waals surface area contributed by atoms with Crippen molar-refractivity contribution in [2.45, 2.75) is 38.6 Å². The molecule has 128 valence electrons. The first-order chi connectivity index (χ1) is 11.3. The number of amides is 1. The standard InChI is InChI=1S/C17H29N5O/c23-17(15-20-8-3-1-2-4-9-20)22-11-5-10-21(12-13-22)14-16-18-6-7-19-16/h6-7H,1-5,8-15H2,(H,18,19). The maximum absolute atomic E-state index is 12.6. The fourth-order valence-corrected chi connectivity index (χ4v) is 3.56. The molecule has 2 aliphatic rings. The Balaban J connectivity index is 1.45. The van der Waals surface area contributed by atoms with Gasteiger partial charge in [-0.2, -0.15) is 0 Å². The lowest BCUT2D eigenvalue weighted by atomic mass is 10.2. The summed E-state index contributed by atoms with van der Waals surface area (Å²) in [7, 11) is 0. The lowest BCUT2D eigenvalue weighted by molar-refractivity contribution is -0.132. The molecule has 0 aliphatic carbocycles. The van der Waals surface area contributed by atoms with Gasteiger partial charge in [-0.1, -0.05) is 12.8 Å². The summed E-state index contributed by atoms with van der Waals surface area (Å²) in [6, 6.07) is 0. The number of imidazole rings is 1. The maximum atomic E-state index is 12.6. The van der Waals surface area contributed by atoms with Gasteiger partial charge in [0.1, 0.15) is 5.82 Å². The van der Waals surface area contributed by atoms with E-state index < -0.39 is 0 Å². The van der Waals surface area contributed by atoms with Gasteiger partial charge in [0.05, 0.1) is 13.1 Å². The third-order valence-electron chi connectivity index (χ3n) is 4.93. The van der Waals surface area contributed by atoms with Crippen molar-refractivity contribution < 1.29 is 4.79 Å². The second-order valence-electron chi connectivity index (χ2n) is 6.74. The number of hydrogen-bond acceptors (Lipinski definition) is 4. The predicted molar refractivity (Wildman–Crippen MR) is 90.0 cm³/mol. The van der Waals surface area contributed by atoms with Crippen molar-refractivity contribution in [3.8, 4) is 0 Å². The summed E-state index contributed by atoms with van der Waals surface area (Å²) in [5.41, 5.74) is 0. The van der Waals surface area contributed by atoms with Gasteiger partial charge in [0, 0.05) is 38.6 Å². The first kappa shape index (κ1) is 16.5. The largest absolute Gasteiger partial charge is 0.348 e. The molecule has 1 aromatic heterocycles. The van der Waals surface area contributed by atoms with Crippen LogP contribution >= 0.6 is 0 Å². The van der Waals surface area contributed by atoms with Crippen molar-refractivity contribution in [3.05, 3.63) is 18.2 Å². The monoisotopic (exact) mass is 319 g/mol. The fraction of sp³-hybridized carbons (Fsp3) is 0.765.